The van der Waals surface area contributed by atoms with Crippen molar-refractivity contribution in [3.8, 4) is 5.82 Å². The average Bonchev–Trinajstić information content (AvgIpc) is 3.13. The first-order chi connectivity index (χ1) is 18.0. The topological polar surface area (TPSA) is 89.7 Å². The van der Waals surface area contributed by atoms with Crippen LogP contribution in [0.5, 0.6) is 0 Å². The van der Waals surface area contributed by atoms with Gasteiger partial charge in [-0.1, -0.05) is 19.9 Å². The van der Waals surface area contributed by atoms with E-state index in [0.717, 1.165) is 42.9 Å². The lowest BCUT2D eigenvalue weighted by Gasteiger charge is -2.21. The predicted octanol–water partition coefficient (Wildman–Crippen LogP) is 4.32. The highest BCUT2D eigenvalue weighted by molar-refractivity contribution is 5.77. The van der Waals surface area contributed by atoms with Crippen LogP contribution in [-0.4, -0.2) is 43.7 Å². The van der Waals surface area contributed by atoms with Gasteiger partial charge in [-0.25, -0.2) is 23.7 Å². The van der Waals surface area contributed by atoms with E-state index in [1.807, 2.05) is 18.2 Å². The van der Waals surface area contributed by atoms with Crippen molar-refractivity contribution in [2.75, 3.05) is 18.5 Å². The highest BCUT2D eigenvalue weighted by atomic mass is 19.4. The van der Waals surface area contributed by atoms with Crippen LogP contribution in [0, 0.1) is 5.82 Å². The second-order valence-corrected chi connectivity index (χ2v) is 9.78. The zero-order valence-electron chi connectivity index (χ0n) is 20.5. The second kappa shape index (κ2) is 9.46. The first kappa shape index (κ1) is 25.8. The average molecular weight is 534 g/mol. The molecule has 0 radical (unpaired) electrons. The maximum Gasteiger partial charge on any atom is 0.408 e. The van der Waals surface area contributed by atoms with Gasteiger partial charge in [0.25, 0.3) is 5.56 Å². The third-order valence-corrected chi connectivity index (χ3v) is 6.41. The minimum atomic E-state index is -4.81. The Labute approximate surface area is 213 Å². The van der Waals surface area contributed by atoms with Crippen molar-refractivity contribution in [2.24, 2.45) is 0 Å². The standard InChI is InChI=1S/C25H24F5N7O/c1-24(2,12-26)19-6-5-18(27)21(34-19)37-20-17(22(38)36(37)13-25(28,29)30)11-32-23(35-20)33-16-4-3-15-10-31-8-7-14(15)9-16/h3-6,9,11,31H,7-8,10,12-13H2,1-2H3,(H,32,33,35). The van der Waals surface area contributed by atoms with Crippen LogP contribution in [0.25, 0.3) is 16.9 Å². The third kappa shape index (κ3) is 4.85. The van der Waals surface area contributed by atoms with E-state index in [-0.39, 0.29) is 22.7 Å². The van der Waals surface area contributed by atoms with Gasteiger partial charge >= 0.3 is 6.18 Å². The van der Waals surface area contributed by atoms with Crippen LogP contribution in [0.4, 0.5) is 33.6 Å². The van der Waals surface area contributed by atoms with Gasteiger partial charge in [0, 0.05) is 23.8 Å². The molecule has 0 spiro atoms. The maximum absolute atomic E-state index is 15.1. The van der Waals surface area contributed by atoms with E-state index in [1.54, 1.807) is 0 Å². The summed E-state index contributed by atoms with van der Waals surface area (Å²) in [4.78, 5) is 25.5. The minimum Gasteiger partial charge on any atom is -0.324 e. The Bertz CT molecular complexity index is 1580. The Morgan fingerprint density at radius 2 is 1.89 bits per heavy atom. The molecular formula is C25H24F5N7O. The van der Waals surface area contributed by atoms with E-state index in [9.17, 15) is 22.4 Å². The molecule has 1 aliphatic heterocycles. The fourth-order valence-electron chi connectivity index (χ4n) is 4.33. The van der Waals surface area contributed by atoms with Crippen LogP contribution in [0.15, 0.2) is 41.3 Å². The Balaban J connectivity index is 1.67. The number of hydrogen-bond acceptors (Lipinski definition) is 6. The fourth-order valence-corrected chi connectivity index (χ4v) is 4.33. The lowest BCUT2D eigenvalue weighted by atomic mass is 9.90. The molecule has 13 heteroatoms. The number of pyridine rings is 1. The second-order valence-electron chi connectivity index (χ2n) is 9.78. The SMILES string of the molecule is CC(C)(CF)c1ccc(F)c(-n2c3nc(Nc4ccc5c(c4)CCNC5)ncc3c(=O)n2CC(F)(F)F)n1. The molecule has 5 rings (SSSR count). The van der Waals surface area contributed by atoms with Gasteiger partial charge in [0.15, 0.2) is 17.3 Å². The van der Waals surface area contributed by atoms with Crippen molar-refractivity contribution in [3.63, 3.8) is 0 Å². The maximum atomic E-state index is 15.1. The first-order valence-electron chi connectivity index (χ1n) is 11.8. The van der Waals surface area contributed by atoms with Crippen LogP contribution < -0.4 is 16.2 Å². The summed E-state index contributed by atoms with van der Waals surface area (Å²) in [6.07, 6.45) is -2.90. The number of fused-ring (bicyclic) bond motifs is 2. The van der Waals surface area contributed by atoms with Gasteiger partial charge in [-0.3, -0.25) is 9.18 Å². The molecule has 0 atom stereocenters. The molecule has 4 heterocycles. The van der Waals surface area contributed by atoms with Gasteiger partial charge in [0.1, 0.15) is 18.6 Å². The molecule has 0 bridgehead atoms. The quantitative estimate of drug-likeness (QED) is 0.359. The molecule has 0 fully saturated rings. The molecule has 0 unspecified atom stereocenters. The highest BCUT2D eigenvalue weighted by Crippen LogP contribution is 2.27. The van der Waals surface area contributed by atoms with Crippen molar-refractivity contribution >= 4 is 22.7 Å². The summed E-state index contributed by atoms with van der Waals surface area (Å²) < 4.78 is 70.2. The number of anilines is 2. The molecule has 0 saturated heterocycles. The van der Waals surface area contributed by atoms with E-state index in [4.69, 9.17) is 0 Å². The molecule has 0 saturated carbocycles. The van der Waals surface area contributed by atoms with Crippen LogP contribution in [-0.2, 0) is 24.9 Å². The van der Waals surface area contributed by atoms with Gasteiger partial charge in [-0.15, -0.1) is 0 Å². The number of nitrogens with one attached hydrogen (secondary N) is 2. The largest absolute Gasteiger partial charge is 0.408 e. The van der Waals surface area contributed by atoms with Crippen molar-refractivity contribution < 1.29 is 22.0 Å². The number of nitrogens with zero attached hydrogens (tertiary/aromatic N) is 5. The fraction of sp³-hybridized carbons (Fsp3) is 0.360. The first-order valence-corrected chi connectivity index (χ1v) is 11.8. The van der Waals surface area contributed by atoms with E-state index in [0.29, 0.717) is 15.1 Å². The van der Waals surface area contributed by atoms with Gasteiger partial charge in [0.2, 0.25) is 5.95 Å². The van der Waals surface area contributed by atoms with Crippen molar-refractivity contribution in [1.29, 1.82) is 0 Å². The van der Waals surface area contributed by atoms with Gasteiger partial charge < -0.3 is 10.6 Å². The summed E-state index contributed by atoms with van der Waals surface area (Å²) in [7, 11) is 0. The monoisotopic (exact) mass is 533 g/mol. The van der Waals surface area contributed by atoms with E-state index in [2.05, 4.69) is 25.6 Å². The zero-order chi connectivity index (χ0) is 27.2. The molecule has 0 amide bonds. The summed E-state index contributed by atoms with van der Waals surface area (Å²) in [5.74, 6) is -1.62. The third-order valence-electron chi connectivity index (χ3n) is 6.41. The molecule has 38 heavy (non-hydrogen) atoms. The molecule has 8 nitrogen and oxygen atoms in total. The van der Waals surface area contributed by atoms with E-state index >= 15 is 4.39 Å². The molecule has 200 valence electrons. The van der Waals surface area contributed by atoms with Crippen molar-refractivity contribution in [1.82, 2.24) is 29.6 Å². The minimum absolute atomic E-state index is 0.00931. The number of rotatable bonds is 6. The van der Waals surface area contributed by atoms with Gasteiger partial charge in [-0.2, -0.15) is 18.2 Å². The molecule has 3 aromatic heterocycles. The normalized spacial score (nSPS) is 14.1. The summed E-state index contributed by atoms with van der Waals surface area (Å²) in [6.45, 7) is 2.04. The molecule has 0 aliphatic carbocycles. The number of aromatic nitrogens is 5. The van der Waals surface area contributed by atoms with Crippen LogP contribution in [0.2, 0.25) is 0 Å². The predicted molar refractivity (Wildman–Crippen MR) is 131 cm³/mol. The van der Waals surface area contributed by atoms with Crippen molar-refractivity contribution in [3.05, 3.63) is 69.5 Å². The zero-order valence-corrected chi connectivity index (χ0v) is 20.5. The Kier molecular flexibility index (Phi) is 6.41. The molecule has 1 aliphatic rings. The summed E-state index contributed by atoms with van der Waals surface area (Å²) in [6, 6.07) is 7.91. The lowest BCUT2D eigenvalue weighted by molar-refractivity contribution is -0.144. The Morgan fingerprint density at radius 3 is 2.63 bits per heavy atom. The smallest absolute Gasteiger partial charge is 0.324 e. The van der Waals surface area contributed by atoms with Crippen LogP contribution in [0.3, 0.4) is 0 Å². The molecule has 2 N–H and O–H groups in total. The molecule has 4 aromatic rings. The number of benzene rings is 1. The van der Waals surface area contributed by atoms with Gasteiger partial charge in [-0.05, 0) is 48.4 Å². The summed E-state index contributed by atoms with van der Waals surface area (Å²) in [5, 5.41) is 6.03. The van der Waals surface area contributed by atoms with E-state index < -0.39 is 42.0 Å². The van der Waals surface area contributed by atoms with Crippen LogP contribution in [0.1, 0.15) is 30.7 Å². The number of alkyl halides is 4. The summed E-state index contributed by atoms with van der Waals surface area (Å²) in [5.41, 5.74) is 0.520. The lowest BCUT2D eigenvalue weighted by Crippen LogP contribution is -2.31. The highest BCUT2D eigenvalue weighted by Gasteiger charge is 2.33. The molecule has 1 aromatic carbocycles. The summed E-state index contributed by atoms with van der Waals surface area (Å²) >= 11 is 0. The molecular weight excluding hydrogens is 509 g/mol. The number of hydrogen-bond donors (Lipinski definition) is 2. The number of halogens is 5. The van der Waals surface area contributed by atoms with Crippen LogP contribution >= 0.6 is 0 Å². The van der Waals surface area contributed by atoms with Gasteiger partial charge in [0.05, 0.1) is 5.69 Å². The van der Waals surface area contributed by atoms with Crippen molar-refractivity contribution in [2.45, 2.75) is 44.9 Å². The Morgan fingerprint density at radius 1 is 1.11 bits per heavy atom. The Hall–Kier alpha value is -3.87. The van der Waals surface area contributed by atoms with E-state index in [1.165, 1.54) is 19.9 Å².